The molecule has 43 heavy (non-hydrogen) atoms. The SMILES string of the molecule is CCOc1ccccc1N(CC(=O)N(Cc1ccc(Cl)cc1Cl)[C@@H](C)C(=O)NC1CCCC1)S(=O)(=O)c1ccc(C)cc1. The lowest BCUT2D eigenvalue weighted by atomic mass is 10.1. The maximum absolute atomic E-state index is 14.2. The summed E-state index contributed by atoms with van der Waals surface area (Å²) in [5.41, 5.74) is 1.68. The van der Waals surface area contributed by atoms with Gasteiger partial charge in [-0.05, 0) is 75.6 Å². The van der Waals surface area contributed by atoms with Crippen LogP contribution in [0.5, 0.6) is 5.75 Å². The van der Waals surface area contributed by atoms with E-state index in [0.29, 0.717) is 28.0 Å². The molecule has 1 saturated carbocycles. The van der Waals surface area contributed by atoms with Crippen molar-refractivity contribution in [2.45, 2.75) is 70.0 Å². The maximum atomic E-state index is 14.2. The number of halogens is 2. The molecular weight excluding hydrogens is 609 g/mol. The third-order valence-electron chi connectivity index (χ3n) is 7.55. The first-order valence-corrected chi connectivity index (χ1v) is 16.6. The lowest BCUT2D eigenvalue weighted by molar-refractivity contribution is -0.139. The van der Waals surface area contributed by atoms with E-state index in [0.717, 1.165) is 35.6 Å². The number of benzene rings is 3. The highest BCUT2D eigenvalue weighted by Gasteiger charge is 2.34. The Morgan fingerprint density at radius 2 is 1.70 bits per heavy atom. The number of nitrogens with zero attached hydrogens (tertiary/aromatic N) is 2. The molecule has 0 saturated heterocycles. The van der Waals surface area contributed by atoms with Crippen molar-refractivity contribution in [2.24, 2.45) is 0 Å². The average molecular weight is 647 g/mol. The van der Waals surface area contributed by atoms with E-state index in [9.17, 15) is 18.0 Å². The summed E-state index contributed by atoms with van der Waals surface area (Å²) < 4.78 is 35.1. The minimum atomic E-state index is -4.23. The van der Waals surface area contributed by atoms with Gasteiger partial charge in [0.2, 0.25) is 11.8 Å². The summed E-state index contributed by atoms with van der Waals surface area (Å²) in [4.78, 5) is 29.0. The van der Waals surface area contributed by atoms with E-state index >= 15 is 0 Å². The molecule has 1 atom stereocenters. The molecule has 11 heteroatoms. The zero-order chi connectivity index (χ0) is 31.1. The summed E-state index contributed by atoms with van der Waals surface area (Å²) in [5.74, 6) is -0.581. The number of ether oxygens (including phenoxy) is 1. The highest BCUT2D eigenvalue weighted by molar-refractivity contribution is 7.92. The molecule has 2 amide bonds. The lowest BCUT2D eigenvalue weighted by Gasteiger charge is -2.33. The molecule has 4 rings (SSSR count). The van der Waals surface area contributed by atoms with E-state index in [1.54, 1.807) is 68.4 Å². The Morgan fingerprint density at radius 1 is 1.02 bits per heavy atom. The Hall–Kier alpha value is -3.27. The summed E-state index contributed by atoms with van der Waals surface area (Å²) in [6.07, 6.45) is 3.83. The summed E-state index contributed by atoms with van der Waals surface area (Å²) in [7, 11) is -4.23. The second-order valence-corrected chi connectivity index (χ2v) is 13.4. The number of rotatable bonds is 12. The number of nitrogens with one attached hydrogen (secondary N) is 1. The predicted octanol–water partition coefficient (Wildman–Crippen LogP) is 6.37. The van der Waals surface area contributed by atoms with Crippen LogP contribution in [0, 0.1) is 6.92 Å². The van der Waals surface area contributed by atoms with Gasteiger partial charge in [0, 0.05) is 22.6 Å². The van der Waals surface area contributed by atoms with E-state index in [-0.39, 0.29) is 29.1 Å². The third kappa shape index (κ3) is 8.02. The molecule has 0 aliphatic heterocycles. The number of hydrogen-bond donors (Lipinski definition) is 1. The van der Waals surface area contributed by atoms with Crippen molar-refractivity contribution in [3.8, 4) is 5.75 Å². The van der Waals surface area contributed by atoms with Gasteiger partial charge in [0.05, 0.1) is 17.2 Å². The average Bonchev–Trinajstić information content (AvgIpc) is 3.49. The van der Waals surface area contributed by atoms with Crippen LogP contribution in [0.1, 0.15) is 50.7 Å². The zero-order valence-electron chi connectivity index (χ0n) is 24.6. The number of hydrogen-bond acceptors (Lipinski definition) is 5. The monoisotopic (exact) mass is 645 g/mol. The summed E-state index contributed by atoms with van der Waals surface area (Å²) in [6, 6.07) is 17.1. The van der Waals surface area contributed by atoms with E-state index in [4.69, 9.17) is 27.9 Å². The van der Waals surface area contributed by atoms with Gasteiger partial charge >= 0.3 is 0 Å². The number of carbonyl (C=O) groups excluding carboxylic acids is 2. The fourth-order valence-corrected chi connectivity index (χ4v) is 6.99. The van der Waals surface area contributed by atoms with Crippen LogP contribution < -0.4 is 14.4 Å². The number of anilines is 1. The van der Waals surface area contributed by atoms with Crippen LogP contribution in [0.4, 0.5) is 5.69 Å². The van der Waals surface area contributed by atoms with Gasteiger partial charge in [-0.1, -0.05) is 71.9 Å². The highest BCUT2D eigenvalue weighted by atomic mass is 35.5. The van der Waals surface area contributed by atoms with Crippen molar-refractivity contribution < 1.29 is 22.7 Å². The number of amides is 2. The zero-order valence-corrected chi connectivity index (χ0v) is 26.9. The molecule has 0 aromatic heterocycles. The second kappa shape index (κ2) is 14.5. The van der Waals surface area contributed by atoms with Gasteiger partial charge in [0.15, 0.2) is 0 Å². The fourth-order valence-electron chi connectivity index (χ4n) is 5.10. The molecule has 0 radical (unpaired) electrons. The van der Waals surface area contributed by atoms with Crippen molar-refractivity contribution in [3.63, 3.8) is 0 Å². The second-order valence-electron chi connectivity index (χ2n) is 10.6. The Kier molecular flexibility index (Phi) is 11.0. The van der Waals surface area contributed by atoms with Crippen molar-refractivity contribution in [1.29, 1.82) is 0 Å². The number of carbonyl (C=O) groups is 2. The molecule has 1 aliphatic rings. The van der Waals surface area contributed by atoms with E-state index < -0.39 is 28.5 Å². The summed E-state index contributed by atoms with van der Waals surface area (Å²) >= 11 is 12.6. The van der Waals surface area contributed by atoms with Gasteiger partial charge in [-0.3, -0.25) is 13.9 Å². The normalized spacial score (nSPS) is 14.3. The molecule has 0 spiro atoms. The molecule has 1 N–H and O–H groups in total. The van der Waals surface area contributed by atoms with Crippen LogP contribution >= 0.6 is 23.2 Å². The van der Waals surface area contributed by atoms with Crippen molar-refractivity contribution in [3.05, 3.63) is 87.9 Å². The van der Waals surface area contributed by atoms with Gasteiger partial charge in [-0.25, -0.2) is 8.42 Å². The van der Waals surface area contributed by atoms with Crippen LogP contribution in [-0.4, -0.2) is 50.4 Å². The quantitative estimate of drug-likeness (QED) is 0.247. The number of sulfonamides is 1. The molecule has 0 unspecified atom stereocenters. The van der Waals surface area contributed by atoms with Gasteiger partial charge in [-0.15, -0.1) is 0 Å². The lowest BCUT2D eigenvalue weighted by Crippen LogP contribution is -2.52. The predicted molar refractivity (Wildman–Crippen MR) is 170 cm³/mol. The first kappa shape index (κ1) is 32.6. The van der Waals surface area contributed by atoms with Gasteiger partial charge < -0.3 is 15.0 Å². The van der Waals surface area contributed by atoms with Gasteiger partial charge in [0.25, 0.3) is 10.0 Å². The van der Waals surface area contributed by atoms with Gasteiger partial charge in [0.1, 0.15) is 18.3 Å². The molecule has 3 aromatic rings. The van der Waals surface area contributed by atoms with Crippen molar-refractivity contribution in [2.75, 3.05) is 17.5 Å². The van der Waals surface area contributed by atoms with E-state index in [1.165, 1.54) is 17.0 Å². The largest absolute Gasteiger partial charge is 0.492 e. The Morgan fingerprint density at radius 3 is 2.35 bits per heavy atom. The third-order valence-corrected chi connectivity index (χ3v) is 9.91. The molecule has 3 aromatic carbocycles. The Bertz CT molecular complexity index is 1540. The molecule has 0 bridgehead atoms. The van der Waals surface area contributed by atoms with Crippen LogP contribution in [0.15, 0.2) is 71.6 Å². The molecule has 1 fully saturated rings. The molecule has 8 nitrogen and oxygen atoms in total. The standard InChI is InChI=1S/C32H37Cl2N3O5S/c1-4-42-30-12-8-7-11-29(30)37(43(40,41)27-17-13-22(2)14-18-27)21-31(38)36(20-24-15-16-25(33)19-28(24)34)23(3)32(39)35-26-9-5-6-10-26/h7-8,11-19,23,26H,4-6,9-10,20-21H2,1-3H3,(H,35,39)/t23-/m0/s1. The Balaban J connectivity index is 1.74. The molecule has 0 heterocycles. The van der Waals surface area contributed by atoms with Crippen molar-refractivity contribution >= 4 is 50.7 Å². The molecule has 230 valence electrons. The number of para-hydroxylation sites is 2. The van der Waals surface area contributed by atoms with E-state index in [2.05, 4.69) is 5.32 Å². The molecular formula is C32H37Cl2N3O5S. The van der Waals surface area contributed by atoms with Crippen molar-refractivity contribution in [1.82, 2.24) is 10.2 Å². The first-order valence-electron chi connectivity index (χ1n) is 14.4. The highest BCUT2D eigenvalue weighted by Crippen LogP contribution is 2.33. The minimum absolute atomic E-state index is 0.0246. The summed E-state index contributed by atoms with van der Waals surface area (Å²) in [5, 5.41) is 3.82. The van der Waals surface area contributed by atoms with Crippen LogP contribution in [0.2, 0.25) is 10.0 Å². The van der Waals surface area contributed by atoms with Crippen LogP contribution in [0.3, 0.4) is 0 Å². The Labute approximate surface area is 264 Å². The minimum Gasteiger partial charge on any atom is -0.492 e. The topological polar surface area (TPSA) is 96.0 Å². The maximum Gasteiger partial charge on any atom is 0.264 e. The smallest absolute Gasteiger partial charge is 0.264 e. The van der Waals surface area contributed by atoms with E-state index in [1.807, 2.05) is 6.92 Å². The summed E-state index contributed by atoms with van der Waals surface area (Å²) in [6.45, 7) is 4.98. The van der Waals surface area contributed by atoms with Gasteiger partial charge in [-0.2, -0.15) is 0 Å². The molecule has 1 aliphatic carbocycles. The fraction of sp³-hybridized carbons (Fsp3) is 0.375. The van der Waals surface area contributed by atoms with Crippen LogP contribution in [-0.2, 0) is 26.2 Å². The number of aryl methyl sites for hydroxylation is 1. The first-order chi connectivity index (χ1) is 20.5. The van der Waals surface area contributed by atoms with Crippen LogP contribution in [0.25, 0.3) is 0 Å².